The van der Waals surface area contributed by atoms with E-state index >= 15 is 0 Å². The highest BCUT2D eigenvalue weighted by Gasteiger charge is 2.16. The van der Waals surface area contributed by atoms with Gasteiger partial charge >= 0.3 is 5.97 Å². The van der Waals surface area contributed by atoms with Gasteiger partial charge in [0.15, 0.2) is 0 Å². The van der Waals surface area contributed by atoms with Crippen LogP contribution in [-0.4, -0.2) is 5.97 Å². The summed E-state index contributed by atoms with van der Waals surface area (Å²) in [5, 5.41) is 0. The second kappa shape index (κ2) is 7.26. The van der Waals surface area contributed by atoms with Gasteiger partial charge in [0, 0.05) is 6.42 Å². The highest BCUT2D eigenvalue weighted by atomic mass is 16.5. The fourth-order valence-electron chi connectivity index (χ4n) is 3.15. The zero-order valence-electron chi connectivity index (χ0n) is 12.8. The molecule has 1 aliphatic carbocycles. The summed E-state index contributed by atoms with van der Waals surface area (Å²) in [6, 6.07) is 17.9. The summed E-state index contributed by atoms with van der Waals surface area (Å²) < 4.78 is 5.43. The van der Waals surface area contributed by atoms with Crippen molar-refractivity contribution in [3.05, 3.63) is 54.6 Å². The molecule has 0 radical (unpaired) electrons. The Hall–Kier alpha value is -2.09. The zero-order valence-corrected chi connectivity index (χ0v) is 12.8. The largest absolute Gasteiger partial charge is 0.427 e. The Morgan fingerprint density at radius 2 is 1.55 bits per heavy atom. The van der Waals surface area contributed by atoms with Crippen molar-refractivity contribution in [3.8, 4) is 16.9 Å². The molecule has 114 valence electrons. The van der Waals surface area contributed by atoms with E-state index < -0.39 is 0 Å². The average Bonchev–Trinajstić information content (AvgIpc) is 3.08. The Balaban J connectivity index is 1.53. The van der Waals surface area contributed by atoms with Crippen molar-refractivity contribution in [3.63, 3.8) is 0 Å². The van der Waals surface area contributed by atoms with Crippen molar-refractivity contribution in [1.82, 2.24) is 0 Å². The third-order valence-corrected chi connectivity index (χ3v) is 4.42. The molecule has 2 nitrogen and oxygen atoms in total. The minimum absolute atomic E-state index is 0.112. The number of carbonyl (C=O) groups is 1. The minimum atomic E-state index is -0.112. The minimum Gasteiger partial charge on any atom is -0.427 e. The second-order valence-corrected chi connectivity index (χ2v) is 6.05. The van der Waals surface area contributed by atoms with E-state index in [2.05, 4.69) is 12.1 Å². The first-order valence-electron chi connectivity index (χ1n) is 8.17. The quantitative estimate of drug-likeness (QED) is 0.557. The smallest absolute Gasteiger partial charge is 0.311 e. The lowest BCUT2D eigenvalue weighted by Crippen LogP contribution is -2.09. The lowest BCUT2D eigenvalue weighted by atomic mass is 10.0. The van der Waals surface area contributed by atoms with Gasteiger partial charge < -0.3 is 4.74 Å². The SMILES string of the molecule is O=C(CCC1CCCC1)Oc1ccc(-c2ccccc2)cc1. The predicted octanol–water partition coefficient (Wildman–Crippen LogP) is 5.23. The molecule has 0 atom stereocenters. The molecular weight excluding hydrogens is 272 g/mol. The first-order chi connectivity index (χ1) is 10.8. The van der Waals surface area contributed by atoms with Gasteiger partial charge in [0.05, 0.1) is 0 Å². The van der Waals surface area contributed by atoms with E-state index in [0.29, 0.717) is 12.2 Å². The molecule has 1 aliphatic rings. The fourth-order valence-corrected chi connectivity index (χ4v) is 3.15. The number of ether oxygens (including phenoxy) is 1. The maximum absolute atomic E-state index is 11.9. The third-order valence-electron chi connectivity index (χ3n) is 4.42. The molecular formula is C20H22O2. The summed E-state index contributed by atoms with van der Waals surface area (Å²) in [6.07, 6.45) is 6.70. The first kappa shape index (κ1) is 14.8. The molecule has 0 N–H and O–H groups in total. The van der Waals surface area contributed by atoms with Crippen LogP contribution in [0.4, 0.5) is 0 Å². The number of benzene rings is 2. The fraction of sp³-hybridized carbons (Fsp3) is 0.350. The first-order valence-corrected chi connectivity index (χ1v) is 8.17. The number of hydrogen-bond donors (Lipinski definition) is 0. The summed E-state index contributed by atoms with van der Waals surface area (Å²) in [5.74, 6) is 1.25. The molecule has 3 rings (SSSR count). The van der Waals surface area contributed by atoms with Crippen molar-refractivity contribution in [1.29, 1.82) is 0 Å². The molecule has 0 saturated heterocycles. The third kappa shape index (κ3) is 3.97. The molecule has 0 aromatic heterocycles. The van der Waals surface area contributed by atoms with Crippen LogP contribution in [0.2, 0.25) is 0 Å². The molecule has 1 saturated carbocycles. The highest BCUT2D eigenvalue weighted by Crippen LogP contribution is 2.29. The summed E-state index contributed by atoms with van der Waals surface area (Å²) in [7, 11) is 0. The average molecular weight is 294 g/mol. The van der Waals surface area contributed by atoms with Gasteiger partial charge in [-0.05, 0) is 35.6 Å². The molecule has 2 aromatic rings. The molecule has 0 amide bonds. The predicted molar refractivity (Wildman–Crippen MR) is 88.7 cm³/mol. The van der Waals surface area contributed by atoms with Crippen LogP contribution in [0.5, 0.6) is 5.75 Å². The van der Waals surface area contributed by atoms with Crippen molar-refractivity contribution in [2.24, 2.45) is 5.92 Å². The lowest BCUT2D eigenvalue weighted by Gasteiger charge is -2.09. The maximum Gasteiger partial charge on any atom is 0.311 e. The topological polar surface area (TPSA) is 26.3 Å². The molecule has 0 bridgehead atoms. The second-order valence-electron chi connectivity index (χ2n) is 6.05. The van der Waals surface area contributed by atoms with Gasteiger partial charge in [0.2, 0.25) is 0 Å². The van der Waals surface area contributed by atoms with Crippen molar-refractivity contribution >= 4 is 5.97 Å². The van der Waals surface area contributed by atoms with E-state index in [1.807, 2.05) is 42.5 Å². The van der Waals surface area contributed by atoms with Crippen LogP contribution in [-0.2, 0) is 4.79 Å². The molecule has 0 heterocycles. The molecule has 2 heteroatoms. The molecule has 22 heavy (non-hydrogen) atoms. The lowest BCUT2D eigenvalue weighted by molar-refractivity contribution is -0.134. The highest BCUT2D eigenvalue weighted by molar-refractivity contribution is 5.73. The van der Waals surface area contributed by atoms with Crippen LogP contribution in [0.1, 0.15) is 38.5 Å². The Morgan fingerprint density at radius 1 is 0.909 bits per heavy atom. The molecule has 2 aromatic carbocycles. The van der Waals surface area contributed by atoms with Crippen LogP contribution in [0.25, 0.3) is 11.1 Å². The van der Waals surface area contributed by atoms with Crippen LogP contribution in [0.3, 0.4) is 0 Å². The summed E-state index contributed by atoms with van der Waals surface area (Å²) in [6.45, 7) is 0. The van der Waals surface area contributed by atoms with Crippen LogP contribution in [0, 0.1) is 5.92 Å². The number of rotatable bonds is 5. The van der Waals surface area contributed by atoms with Crippen LogP contribution in [0.15, 0.2) is 54.6 Å². The standard InChI is InChI=1S/C20H22O2/c21-20(15-10-16-6-4-5-7-16)22-19-13-11-18(12-14-19)17-8-2-1-3-9-17/h1-3,8-9,11-14,16H,4-7,10,15H2. The van der Waals surface area contributed by atoms with Gasteiger partial charge in [-0.3, -0.25) is 4.79 Å². The Morgan fingerprint density at radius 3 is 2.23 bits per heavy atom. The van der Waals surface area contributed by atoms with E-state index in [1.54, 1.807) is 0 Å². The summed E-state index contributed by atoms with van der Waals surface area (Å²) in [5.41, 5.74) is 2.30. The van der Waals surface area contributed by atoms with Crippen molar-refractivity contribution in [2.75, 3.05) is 0 Å². The van der Waals surface area contributed by atoms with E-state index in [-0.39, 0.29) is 5.97 Å². The maximum atomic E-state index is 11.9. The molecule has 0 unspecified atom stereocenters. The van der Waals surface area contributed by atoms with Crippen LogP contribution < -0.4 is 4.74 Å². The molecule has 0 aliphatic heterocycles. The summed E-state index contributed by atoms with van der Waals surface area (Å²) in [4.78, 5) is 11.9. The van der Waals surface area contributed by atoms with Gasteiger partial charge in [-0.2, -0.15) is 0 Å². The van der Waals surface area contributed by atoms with Gasteiger partial charge in [0.1, 0.15) is 5.75 Å². The Bertz CT molecular complexity index is 595. The Kier molecular flexibility index (Phi) is 4.89. The van der Waals surface area contributed by atoms with Gasteiger partial charge in [0.25, 0.3) is 0 Å². The van der Waals surface area contributed by atoms with Gasteiger partial charge in [-0.1, -0.05) is 68.1 Å². The van der Waals surface area contributed by atoms with E-state index in [0.717, 1.165) is 17.9 Å². The number of esters is 1. The molecule has 0 spiro atoms. The number of hydrogen-bond acceptors (Lipinski definition) is 2. The zero-order chi connectivity index (χ0) is 15.2. The van der Waals surface area contributed by atoms with Crippen LogP contribution >= 0.6 is 0 Å². The Labute approximate surface area is 132 Å². The van der Waals surface area contributed by atoms with E-state index in [4.69, 9.17) is 4.74 Å². The van der Waals surface area contributed by atoms with Crippen molar-refractivity contribution < 1.29 is 9.53 Å². The van der Waals surface area contributed by atoms with Gasteiger partial charge in [-0.15, -0.1) is 0 Å². The van der Waals surface area contributed by atoms with E-state index in [9.17, 15) is 4.79 Å². The number of carbonyl (C=O) groups excluding carboxylic acids is 1. The van der Waals surface area contributed by atoms with Crippen molar-refractivity contribution in [2.45, 2.75) is 38.5 Å². The van der Waals surface area contributed by atoms with E-state index in [1.165, 1.54) is 31.2 Å². The monoisotopic (exact) mass is 294 g/mol. The summed E-state index contributed by atoms with van der Waals surface area (Å²) >= 11 is 0. The van der Waals surface area contributed by atoms with Gasteiger partial charge in [-0.25, -0.2) is 0 Å². The normalized spacial score (nSPS) is 14.9. The molecule has 1 fully saturated rings.